The van der Waals surface area contributed by atoms with E-state index < -0.39 is 11.6 Å². The number of hydrogen-bond acceptors (Lipinski definition) is 2. The molecule has 0 bridgehead atoms. The van der Waals surface area contributed by atoms with Crippen molar-refractivity contribution in [1.82, 2.24) is 10.6 Å². The summed E-state index contributed by atoms with van der Waals surface area (Å²) in [4.78, 5) is 4.09. The number of halogens is 2. The number of nitrogens with one attached hydrogen (secondary N) is 2. The molecule has 0 aliphatic rings. The van der Waals surface area contributed by atoms with Crippen molar-refractivity contribution in [3.63, 3.8) is 0 Å². The van der Waals surface area contributed by atoms with Crippen molar-refractivity contribution < 1.29 is 13.5 Å². The third kappa shape index (κ3) is 5.45. The van der Waals surface area contributed by atoms with Gasteiger partial charge in [0.05, 0.1) is 7.11 Å². The Morgan fingerprint density at radius 1 is 1.12 bits per heavy atom. The van der Waals surface area contributed by atoms with E-state index in [0.717, 1.165) is 35.4 Å². The molecule has 4 nitrogen and oxygen atoms in total. The van der Waals surface area contributed by atoms with Crippen molar-refractivity contribution in [2.24, 2.45) is 4.99 Å². The fraction of sp³-hybridized carbons (Fsp3) is 0.316. The maximum Gasteiger partial charge on any atom is 0.191 e. The molecule has 134 valence electrons. The third-order valence-corrected chi connectivity index (χ3v) is 3.86. The normalized spacial score (nSPS) is 11.3. The highest BCUT2D eigenvalue weighted by molar-refractivity contribution is 5.79. The predicted octanol–water partition coefficient (Wildman–Crippen LogP) is 3.19. The van der Waals surface area contributed by atoms with E-state index in [2.05, 4.69) is 21.7 Å². The molecule has 25 heavy (non-hydrogen) atoms. The van der Waals surface area contributed by atoms with E-state index in [-0.39, 0.29) is 12.1 Å². The van der Waals surface area contributed by atoms with Crippen LogP contribution in [0.4, 0.5) is 8.78 Å². The SMILES string of the molecule is CN=C(NCCc1ccc(C)c(OC)c1)NCc1cc(F)ccc1F. The molecule has 6 heteroatoms. The fourth-order valence-electron chi connectivity index (χ4n) is 2.42. The maximum absolute atomic E-state index is 13.6. The molecule has 0 atom stereocenters. The molecule has 0 unspecified atom stereocenters. The van der Waals surface area contributed by atoms with Gasteiger partial charge in [0.1, 0.15) is 17.4 Å². The van der Waals surface area contributed by atoms with E-state index in [1.54, 1.807) is 14.2 Å². The second kappa shape index (κ2) is 9.01. The van der Waals surface area contributed by atoms with Crippen molar-refractivity contribution in [2.75, 3.05) is 20.7 Å². The molecule has 0 saturated heterocycles. The Morgan fingerprint density at radius 3 is 2.64 bits per heavy atom. The highest BCUT2D eigenvalue weighted by Crippen LogP contribution is 2.19. The lowest BCUT2D eigenvalue weighted by atomic mass is 10.1. The number of rotatable bonds is 6. The van der Waals surface area contributed by atoms with Crippen LogP contribution in [-0.2, 0) is 13.0 Å². The first kappa shape index (κ1) is 18.7. The average Bonchev–Trinajstić information content (AvgIpc) is 2.61. The number of nitrogens with zero attached hydrogens (tertiary/aromatic N) is 1. The summed E-state index contributed by atoms with van der Waals surface area (Å²) in [7, 11) is 3.29. The van der Waals surface area contributed by atoms with Crippen LogP contribution in [0.3, 0.4) is 0 Å². The minimum absolute atomic E-state index is 0.154. The van der Waals surface area contributed by atoms with E-state index in [9.17, 15) is 8.78 Å². The number of hydrogen-bond donors (Lipinski definition) is 2. The van der Waals surface area contributed by atoms with E-state index >= 15 is 0 Å². The fourth-order valence-corrected chi connectivity index (χ4v) is 2.42. The molecule has 2 aromatic rings. The summed E-state index contributed by atoms with van der Waals surface area (Å²) in [5, 5.41) is 6.14. The van der Waals surface area contributed by atoms with Crippen LogP contribution in [0.2, 0.25) is 0 Å². The van der Waals surface area contributed by atoms with Crippen LogP contribution >= 0.6 is 0 Å². The van der Waals surface area contributed by atoms with Crippen LogP contribution in [0, 0.1) is 18.6 Å². The number of ether oxygens (including phenoxy) is 1. The molecule has 0 fully saturated rings. The van der Waals surface area contributed by atoms with Crippen LogP contribution in [0.15, 0.2) is 41.4 Å². The minimum Gasteiger partial charge on any atom is -0.496 e. The summed E-state index contributed by atoms with van der Waals surface area (Å²) in [6.45, 7) is 2.80. The summed E-state index contributed by atoms with van der Waals surface area (Å²) in [5.74, 6) is 0.481. The van der Waals surface area contributed by atoms with E-state index in [0.29, 0.717) is 12.5 Å². The van der Waals surface area contributed by atoms with Gasteiger partial charge in [-0.3, -0.25) is 4.99 Å². The van der Waals surface area contributed by atoms with Crippen molar-refractivity contribution >= 4 is 5.96 Å². The lowest BCUT2D eigenvalue weighted by Gasteiger charge is -2.13. The lowest BCUT2D eigenvalue weighted by molar-refractivity contribution is 0.411. The average molecular weight is 347 g/mol. The van der Waals surface area contributed by atoms with E-state index in [4.69, 9.17) is 4.74 Å². The molecule has 0 spiro atoms. The maximum atomic E-state index is 13.6. The zero-order chi connectivity index (χ0) is 18.2. The number of aliphatic imine (C=N–C) groups is 1. The largest absolute Gasteiger partial charge is 0.496 e. The van der Waals surface area contributed by atoms with Gasteiger partial charge in [0.25, 0.3) is 0 Å². The van der Waals surface area contributed by atoms with Crippen LogP contribution < -0.4 is 15.4 Å². The molecule has 2 aromatic carbocycles. The zero-order valence-electron chi connectivity index (χ0n) is 14.7. The number of guanidine groups is 1. The second-order valence-electron chi connectivity index (χ2n) is 5.64. The van der Waals surface area contributed by atoms with Gasteiger partial charge in [0.2, 0.25) is 0 Å². The van der Waals surface area contributed by atoms with Crippen molar-refractivity contribution in [2.45, 2.75) is 19.9 Å². The monoisotopic (exact) mass is 347 g/mol. The summed E-state index contributed by atoms with van der Waals surface area (Å²) in [5.41, 5.74) is 2.49. The summed E-state index contributed by atoms with van der Waals surface area (Å²) >= 11 is 0. The Hall–Kier alpha value is -2.63. The number of methoxy groups -OCH3 is 1. The molecule has 2 N–H and O–H groups in total. The lowest BCUT2D eigenvalue weighted by Crippen LogP contribution is -2.38. The quantitative estimate of drug-likeness (QED) is 0.623. The Morgan fingerprint density at radius 2 is 1.92 bits per heavy atom. The zero-order valence-corrected chi connectivity index (χ0v) is 14.7. The topological polar surface area (TPSA) is 45.7 Å². The van der Waals surface area contributed by atoms with Gasteiger partial charge in [0, 0.05) is 25.7 Å². The Balaban J connectivity index is 1.85. The van der Waals surface area contributed by atoms with Gasteiger partial charge < -0.3 is 15.4 Å². The molecule has 0 aliphatic heterocycles. The molecular formula is C19H23F2N3O. The summed E-state index contributed by atoms with van der Waals surface area (Å²) in [6.07, 6.45) is 0.783. The first-order valence-electron chi connectivity index (χ1n) is 8.05. The van der Waals surface area contributed by atoms with Gasteiger partial charge in [-0.1, -0.05) is 12.1 Å². The molecule has 0 radical (unpaired) electrons. The predicted molar refractivity (Wildman–Crippen MR) is 96.0 cm³/mol. The Labute approximate surface area is 146 Å². The van der Waals surface area contributed by atoms with Crippen LogP contribution in [-0.4, -0.2) is 26.7 Å². The van der Waals surface area contributed by atoms with Gasteiger partial charge in [-0.15, -0.1) is 0 Å². The van der Waals surface area contributed by atoms with E-state index in [1.165, 1.54) is 6.07 Å². The molecule has 0 aromatic heterocycles. The standard InChI is InChI=1S/C19H23F2N3O/c1-13-4-5-14(10-18(13)25-3)8-9-23-19(22-2)24-12-15-11-16(20)6-7-17(15)21/h4-7,10-11H,8-9,12H2,1-3H3,(H2,22,23,24). The van der Waals surface area contributed by atoms with Crippen LogP contribution in [0.5, 0.6) is 5.75 Å². The van der Waals surface area contributed by atoms with E-state index in [1.807, 2.05) is 19.1 Å². The summed E-state index contributed by atoms with van der Waals surface area (Å²) < 4.78 is 32.1. The van der Waals surface area contributed by atoms with Crippen molar-refractivity contribution in [3.8, 4) is 5.75 Å². The van der Waals surface area contributed by atoms with Crippen LogP contribution in [0.1, 0.15) is 16.7 Å². The highest BCUT2D eigenvalue weighted by Gasteiger charge is 2.06. The van der Waals surface area contributed by atoms with Crippen molar-refractivity contribution in [1.29, 1.82) is 0 Å². The molecule has 2 rings (SSSR count). The third-order valence-electron chi connectivity index (χ3n) is 3.86. The van der Waals surface area contributed by atoms with Gasteiger partial charge in [-0.05, 0) is 48.7 Å². The van der Waals surface area contributed by atoms with Crippen molar-refractivity contribution in [3.05, 3.63) is 64.7 Å². The molecule has 0 saturated carbocycles. The molecule has 0 heterocycles. The van der Waals surface area contributed by atoms with Gasteiger partial charge in [0.15, 0.2) is 5.96 Å². The van der Waals surface area contributed by atoms with Gasteiger partial charge in [-0.25, -0.2) is 8.78 Å². The Bertz CT molecular complexity index is 747. The smallest absolute Gasteiger partial charge is 0.191 e. The van der Waals surface area contributed by atoms with Crippen LogP contribution in [0.25, 0.3) is 0 Å². The highest BCUT2D eigenvalue weighted by atomic mass is 19.1. The molecule has 0 aliphatic carbocycles. The first-order valence-corrected chi connectivity index (χ1v) is 8.05. The van der Waals surface area contributed by atoms with Gasteiger partial charge in [-0.2, -0.15) is 0 Å². The number of benzene rings is 2. The Kier molecular flexibility index (Phi) is 6.74. The van der Waals surface area contributed by atoms with Gasteiger partial charge >= 0.3 is 0 Å². The number of aryl methyl sites for hydroxylation is 1. The summed E-state index contributed by atoms with van der Waals surface area (Å²) in [6, 6.07) is 9.48. The molecular weight excluding hydrogens is 324 g/mol. The second-order valence-corrected chi connectivity index (χ2v) is 5.64. The minimum atomic E-state index is -0.463. The first-order chi connectivity index (χ1) is 12.0. The molecule has 0 amide bonds.